The van der Waals surface area contributed by atoms with Crippen LogP contribution in [0.3, 0.4) is 0 Å². The molecule has 0 radical (unpaired) electrons. The van der Waals surface area contributed by atoms with E-state index in [4.69, 9.17) is 9.47 Å². The van der Waals surface area contributed by atoms with Gasteiger partial charge in [0.25, 0.3) is 5.69 Å². The van der Waals surface area contributed by atoms with E-state index in [2.05, 4.69) is 15.6 Å². The van der Waals surface area contributed by atoms with Crippen LogP contribution in [0.1, 0.15) is 17.4 Å². The quantitative estimate of drug-likeness (QED) is 0.455. The molecule has 3 aromatic rings. The van der Waals surface area contributed by atoms with Crippen LogP contribution < -0.4 is 20.1 Å². The number of rotatable bonds is 7. The summed E-state index contributed by atoms with van der Waals surface area (Å²) in [6, 6.07) is 9.78. The molecule has 0 saturated heterocycles. The van der Waals surface area contributed by atoms with Crippen molar-refractivity contribution in [1.29, 1.82) is 0 Å². The Hall–Kier alpha value is -4.08. The minimum absolute atomic E-state index is 0.119. The minimum atomic E-state index is -0.632. The zero-order valence-electron chi connectivity index (χ0n) is 16.7. The molecule has 0 spiro atoms. The van der Waals surface area contributed by atoms with Gasteiger partial charge in [-0.3, -0.25) is 10.1 Å². The van der Waals surface area contributed by atoms with Gasteiger partial charge < -0.3 is 24.7 Å². The first-order valence-electron chi connectivity index (χ1n) is 8.93. The summed E-state index contributed by atoms with van der Waals surface area (Å²) in [6.07, 6.45) is 3.39. The number of aromatic nitrogens is 2. The van der Waals surface area contributed by atoms with E-state index in [-0.39, 0.29) is 5.69 Å². The van der Waals surface area contributed by atoms with E-state index >= 15 is 0 Å². The molecule has 1 atom stereocenters. The molecule has 0 aliphatic carbocycles. The van der Waals surface area contributed by atoms with Crippen molar-refractivity contribution in [2.24, 2.45) is 7.05 Å². The summed E-state index contributed by atoms with van der Waals surface area (Å²) in [7, 11) is 4.89. The van der Waals surface area contributed by atoms with Crippen LogP contribution in [0.2, 0.25) is 0 Å². The second kappa shape index (κ2) is 8.95. The van der Waals surface area contributed by atoms with Crippen molar-refractivity contribution >= 4 is 17.4 Å². The Bertz CT molecular complexity index is 1040. The number of nitrogens with one attached hydrogen (secondary N) is 2. The number of nitro benzene ring substituents is 1. The number of imidazole rings is 1. The van der Waals surface area contributed by atoms with Crippen LogP contribution in [-0.4, -0.2) is 34.7 Å². The smallest absolute Gasteiger partial charge is 0.320 e. The molecule has 0 aliphatic heterocycles. The highest BCUT2D eigenvalue weighted by Gasteiger charge is 2.22. The monoisotopic (exact) mass is 411 g/mol. The number of carbonyl (C=O) groups is 1. The summed E-state index contributed by atoms with van der Waals surface area (Å²) >= 11 is 0. The lowest BCUT2D eigenvalue weighted by Gasteiger charge is -2.21. The van der Waals surface area contributed by atoms with Crippen LogP contribution in [0.4, 0.5) is 16.2 Å². The average Bonchev–Trinajstić information content (AvgIpc) is 3.17. The van der Waals surface area contributed by atoms with Crippen LogP contribution in [0.15, 0.2) is 54.9 Å². The number of nitro groups is 1. The maximum absolute atomic E-state index is 12.7. The Balaban J connectivity index is 1.91. The average molecular weight is 411 g/mol. The van der Waals surface area contributed by atoms with Gasteiger partial charge in [0, 0.05) is 43.3 Å². The fraction of sp³-hybridized carbons (Fsp3) is 0.200. The number of hydrogen-bond donors (Lipinski definition) is 2. The Morgan fingerprint density at radius 1 is 1.17 bits per heavy atom. The first-order valence-corrected chi connectivity index (χ1v) is 8.93. The van der Waals surface area contributed by atoms with Crippen molar-refractivity contribution < 1.29 is 19.2 Å². The highest BCUT2D eigenvalue weighted by molar-refractivity contribution is 5.90. The maximum Gasteiger partial charge on any atom is 0.320 e. The van der Waals surface area contributed by atoms with Gasteiger partial charge in [0.05, 0.1) is 19.1 Å². The van der Waals surface area contributed by atoms with Crippen LogP contribution in [0.5, 0.6) is 11.5 Å². The molecule has 156 valence electrons. The number of hydrogen-bond acceptors (Lipinski definition) is 6. The van der Waals surface area contributed by atoms with Gasteiger partial charge in [-0.2, -0.15) is 0 Å². The molecule has 0 aliphatic rings. The molecule has 2 amide bonds. The molecule has 0 bridgehead atoms. The van der Waals surface area contributed by atoms with E-state index in [9.17, 15) is 14.9 Å². The molecule has 0 fully saturated rings. The SMILES string of the molecule is COc1cc(OC)cc([C@H](NC(=O)Nc2cccc([N+](=O)[O-])c2)c2nccn2C)c1. The standard InChI is InChI=1S/C20H21N5O5/c1-24-8-7-21-19(24)18(13-9-16(29-2)12-17(10-13)30-3)23-20(26)22-14-5-4-6-15(11-14)25(27)28/h4-12,18H,1-3H3,(H2,22,23,26)/t18-/m0/s1. The summed E-state index contributed by atoms with van der Waals surface area (Å²) in [5, 5.41) is 16.4. The summed E-state index contributed by atoms with van der Waals surface area (Å²) in [6.45, 7) is 0. The van der Waals surface area contributed by atoms with Crippen molar-refractivity contribution in [2.75, 3.05) is 19.5 Å². The molecule has 2 aromatic carbocycles. The van der Waals surface area contributed by atoms with Crippen LogP contribution >= 0.6 is 0 Å². The number of carbonyl (C=O) groups excluding carboxylic acids is 1. The van der Waals surface area contributed by atoms with Crippen molar-refractivity contribution in [1.82, 2.24) is 14.9 Å². The third-order valence-electron chi connectivity index (χ3n) is 4.41. The molecular formula is C20H21N5O5. The number of methoxy groups -OCH3 is 2. The van der Waals surface area contributed by atoms with Gasteiger partial charge in [-0.25, -0.2) is 9.78 Å². The number of urea groups is 1. The molecule has 0 unspecified atom stereocenters. The van der Waals surface area contributed by atoms with Crippen molar-refractivity contribution in [3.8, 4) is 11.5 Å². The first kappa shape index (κ1) is 20.6. The zero-order valence-corrected chi connectivity index (χ0v) is 16.7. The van der Waals surface area contributed by atoms with E-state index in [0.29, 0.717) is 28.6 Å². The van der Waals surface area contributed by atoms with E-state index in [0.717, 1.165) is 0 Å². The molecule has 1 aromatic heterocycles. The number of nitrogens with zero attached hydrogens (tertiary/aromatic N) is 3. The lowest BCUT2D eigenvalue weighted by molar-refractivity contribution is -0.384. The predicted molar refractivity (Wildman–Crippen MR) is 110 cm³/mol. The largest absolute Gasteiger partial charge is 0.497 e. The fourth-order valence-electron chi connectivity index (χ4n) is 2.94. The Labute approximate surface area is 172 Å². The highest BCUT2D eigenvalue weighted by Crippen LogP contribution is 2.29. The summed E-state index contributed by atoms with van der Waals surface area (Å²) in [4.78, 5) is 27.5. The lowest BCUT2D eigenvalue weighted by atomic mass is 10.1. The third kappa shape index (κ3) is 4.66. The lowest BCUT2D eigenvalue weighted by Crippen LogP contribution is -2.34. The van der Waals surface area contributed by atoms with Gasteiger partial charge >= 0.3 is 6.03 Å². The van der Waals surface area contributed by atoms with Gasteiger partial charge in [0.2, 0.25) is 0 Å². The minimum Gasteiger partial charge on any atom is -0.497 e. The molecule has 30 heavy (non-hydrogen) atoms. The van der Waals surface area contributed by atoms with Gasteiger partial charge in [0.15, 0.2) is 0 Å². The first-order chi connectivity index (χ1) is 14.4. The van der Waals surface area contributed by atoms with E-state index in [1.54, 1.807) is 41.2 Å². The second-order valence-corrected chi connectivity index (χ2v) is 6.38. The van der Waals surface area contributed by atoms with Crippen LogP contribution in [0, 0.1) is 10.1 Å². The number of anilines is 1. The Kier molecular flexibility index (Phi) is 6.16. The normalized spacial score (nSPS) is 11.4. The molecule has 3 rings (SSSR count). The van der Waals surface area contributed by atoms with Crippen molar-refractivity contribution in [2.45, 2.75) is 6.04 Å². The van der Waals surface area contributed by atoms with Crippen molar-refractivity contribution in [3.05, 3.63) is 76.4 Å². The molecule has 2 N–H and O–H groups in total. The second-order valence-electron chi connectivity index (χ2n) is 6.38. The molecule has 1 heterocycles. The van der Waals surface area contributed by atoms with E-state index in [1.165, 1.54) is 32.4 Å². The van der Waals surface area contributed by atoms with Gasteiger partial charge in [-0.1, -0.05) is 6.07 Å². The number of amides is 2. The number of non-ortho nitro benzene ring substituents is 1. The Morgan fingerprint density at radius 2 is 1.87 bits per heavy atom. The van der Waals surface area contributed by atoms with E-state index < -0.39 is 17.0 Å². The van der Waals surface area contributed by atoms with Crippen LogP contribution in [0.25, 0.3) is 0 Å². The topological polar surface area (TPSA) is 121 Å². The molecular weight excluding hydrogens is 390 g/mol. The third-order valence-corrected chi connectivity index (χ3v) is 4.41. The molecule has 10 nitrogen and oxygen atoms in total. The number of ether oxygens (including phenoxy) is 2. The van der Waals surface area contributed by atoms with E-state index in [1.807, 2.05) is 7.05 Å². The van der Waals surface area contributed by atoms with Gasteiger partial charge in [0.1, 0.15) is 23.4 Å². The summed E-state index contributed by atoms with van der Waals surface area (Å²) in [5.41, 5.74) is 0.865. The maximum atomic E-state index is 12.7. The zero-order chi connectivity index (χ0) is 21.7. The molecule has 0 saturated carbocycles. The number of benzene rings is 2. The number of aryl methyl sites for hydroxylation is 1. The summed E-state index contributed by atoms with van der Waals surface area (Å²) in [5.74, 6) is 1.70. The van der Waals surface area contributed by atoms with Gasteiger partial charge in [-0.15, -0.1) is 0 Å². The predicted octanol–water partition coefficient (Wildman–Crippen LogP) is 3.26. The summed E-state index contributed by atoms with van der Waals surface area (Å²) < 4.78 is 12.4. The fourth-order valence-corrected chi connectivity index (χ4v) is 2.94. The molecule has 10 heteroatoms. The Morgan fingerprint density at radius 3 is 2.43 bits per heavy atom. The van der Waals surface area contributed by atoms with Crippen molar-refractivity contribution in [3.63, 3.8) is 0 Å². The van der Waals surface area contributed by atoms with Gasteiger partial charge in [-0.05, 0) is 23.8 Å². The highest BCUT2D eigenvalue weighted by atomic mass is 16.6. The van der Waals surface area contributed by atoms with Crippen LogP contribution in [-0.2, 0) is 7.05 Å².